The number of piperazine rings is 1. The molecule has 2 saturated heterocycles. The fourth-order valence-electron chi connectivity index (χ4n) is 3.03. The maximum Gasteiger partial charge on any atom is 0.0169 e. The van der Waals surface area contributed by atoms with Gasteiger partial charge >= 0.3 is 0 Å². The second kappa shape index (κ2) is 5.28. The smallest absolute Gasteiger partial charge is 0.0169 e. The number of nitrogens with zero attached hydrogens (tertiary/aromatic N) is 1. The number of rotatable bonds is 2. The van der Waals surface area contributed by atoms with Crippen molar-refractivity contribution in [1.82, 2.24) is 15.5 Å². The molecule has 0 spiro atoms. The zero-order valence-corrected chi connectivity index (χ0v) is 10.1. The molecule has 0 aromatic carbocycles. The molecule has 0 aromatic rings. The first-order valence-electron chi connectivity index (χ1n) is 6.43. The number of piperidine rings is 1. The third-order valence-corrected chi connectivity index (χ3v) is 3.55. The van der Waals surface area contributed by atoms with Crippen molar-refractivity contribution in [1.29, 1.82) is 0 Å². The highest BCUT2D eigenvalue weighted by atomic mass is 15.2. The van der Waals surface area contributed by atoms with E-state index in [1.165, 1.54) is 45.6 Å². The van der Waals surface area contributed by atoms with Crippen LogP contribution >= 0.6 is 0 Å². The number of hydrogen-bond donors (Lipinski definition) is 2. The lowest BCUT2D eigenvalue weighted by atomic mass is 9.98. The van der Waals surface area contributed by atoms with E-state index < -0.39 is 0 Å². The molecule has 2 fully saturated rings. The average molecular weight is 211 g/mol. The molecule has 0 bridgehead atoms. The molecule has 3 nitrogen and oxygen atoms in total. The third kappa shape index (κ3) is 3.44. The van der Waals surface area contributed by atoms with Crippen molar-refractivity contribution in [2.75, 3.05) is 32.7 Å². The molecule has 0 aliphatic carbocycles. The van der Waals surface area contributed by atoms with Crippen LogP contribution in [-0.2, 0) is 0 Å². The first kappa shape index (κ1) is 11.4. The van der Waals surface area contributed by atoms with E-state index in [9.17, 15) is 0 Å². The van der Waals surface area contributed by atoms with E-state index in [4.69, 9.17) is 0 Å². The largest absolute Gasteiger partial charge is 0.316 e. The zero-order chi connectivity index (χ0) is 10.7. The van der Waals surface area contributed by atoms with Crippen LogP contribution in [0.2, 0.25) is 0 Å². The highest BCUT2D eigenvalue weighted by molar-refractivity contribution is 4.83. The van der Waals surface area contributed by atoms with Gasteiger partial charge in [-0.25, -0.2) is 0 Å². The standard InChI is InChI=1S/C12H25N3/c1-10-7-15(8-11(2)14-10)9-12-4-3-5-13-6-12/h10-14H,3-9H2,1-2H3. The second-order valence-corrected chi connectivity index (χ2v) is 5.40. The molecular weight excluding hydrogens is 186 g/mol. The minimum Gasteiger partial charge on any atom is -0.316 e. The first-order chi connectivity index (χ1) is 7.24. The normalized spacial score (nSPS) is 39.2. The van der Waals surface area contributed by atoms with Crippen molar-refractivity contribution in [2.45, 2.75) is 38.8 Å². The Balaban J connectivity index is 1.77. The van der Waals surface area contributed by atoms with E-state index in [1.807, 2.05) is 0 Å². The summed E-state index contributed by atoms with van der Waals surface area (Å²) >= 11 is 0. The second-order valence-electron chi connectivity index (χ2n) is 5.40. The van der Waals surface area contributed by atoms with Gasteiger partial charge in [0.25, 0.3) is 0 Å². The molecular formula is C12H25N3. The van der Waals surface area contributed by atoms with Gasteiger partial charge in [-0.05, 0) is 45.7 Å². The first-order valence-corrected chi connectivity index (χ1v) is 6.43. The SMILES string of the molecule is CC1CN(CC2CCCNC2)CC(C)N1. The average Bonchev–Trinajstić information content (AvgIpc) is 2.17. The van der Waals surface area contributed by atoms with Gasteiger partial charge < -0.3 is 10.6 Å². The van der Waals surface area contributed by atoms with Crippen LogP contribution in [0.15, 0.2) is 0 Å². The molecule has 2 aliphatic rings. The fourth-order valence-corrected chi connectivity index (χ4v) is 3.03. The Morgan fingerprint density at radius 1 is 1.20 bits per heavy atom. The van der Waals surface area contributed by atoms with Crippen molar-refractivity contribution in [2.24, 2.45) is 5.92 Å². The lowest BCUT2D eigenvalue weighted by molar-refractivity contribution is 0.141. The van der Waals surface area contributed by atoms with E-state index in [2.05, 4.69) is 29.4 Å². The molecule has 15 heavy (non-hydrogen) atoms. The number of hydrogen-bond acceptors (Lipinski definition) is 3. The van der Waals surface area contributed by atoms with E-state index >= 15 is 0 Å². The van der Waals surface area contributed by atoms with Gasteiger partial charge in [-0.3, -0.25) is 4.90 Å². The molecule has 2 N–H and O–H groups in total. The summed E-state index contributed by atoms with van der Waals surface area (Å²) in [5.41, 5.74) is 0. The van der Waals surface area contributed by atoms with Gasteiger partial charge in [-0.15, -0.1) is 0 Å². The van der Waals surface area contributed by atoms with Gasteiger partial charge in [-0.2, -0.15) is 0 Å². The maximum absolute atomic E-state index is 3.59. The molecule has 2 heterocycles. The Bertz CT molecular complexity index is 179. The molecule has 0 radical (unpaired) electrons. The molecule has 2 rings (SSSR count). The molecule has 88 valence electrons. The van der Waals surface area contributed by atoms with Gasteiger partial charge in [-0.1, -0.05) is 0 Å². The summed E-state index contributed by atoms with van der Waals surface area (Å²) in [7, 11) is 0. The summed E-state index contributed by atoms with van der Waals surface area (Å²) in [6.45, 7) is 10.8. The predicted molar refractivity (Wildman–Crippen MR) is 64.1 cm³/mol. The summed E-state index contributed by atoms with van der Waals surface area (Å²) in [5, 5.41) is 7.09. The molecule has 0 aromatic heterocycles. The summed E-state index contributed by atoms with van der Waals surface area (Å²) in [5.74, 6) is 0.885. The highest BCUT2D eigenvalue weighted by Crippen LogP contribution is 2.14. The van der Waals surface area contributed by atoms with E-state index in [0.717, 1.165) is 5.92 Å². The van der Waals surface area contributed by atoms with Crippen LogP contribution in [0.4, 0.5) is 0 Å². The molecule has 0 saturated carbocycles. The van der Waals surface area contributed by atoms with Crippen LogP contribution in [0, 0.1) is 5.92 Å². The van der Waals surface area contributed by atoms with Crippen LogP contribution in [0.3, 0.4) is 0 Å². The highest BCUT2D eigenvalue weighted by Gasteiger charge is 2.23. The van der Waals surface area contributed by atoms with Gasteiger partial charge in [0.05, 0.1) is 0 Å². The third-order valence-electron chi connectivity index (χ3n) is 3.55. The van der Waals surface area contributed by atoms with E-state index in [0.29, 0.717) is 12.1 Å². The lowest BCUT2D eigenvalue weighted by Crippen LogP contribution is -2.55. The van der Waals surface area contributed by atoms with Crippen LogP contribution in [0.25, 0.3) is 0 Å². The number of nitrogens with one attached hydrogen (secondary N) is 2. The van der Waals surface area contributed by atoms with Gasteiger partial charge in [0.2, 0.25) is 0 Å². The molecule has 3 heteroatoms. The summed E-state index contributed by atoms with van der Waals surface area (Å²) in [6, 6.07) is 1.32. The Labute approximate surface area is 93.6 Å². The Kier molecular flexibility index (Phi) is 4.00. The molecule has 3 atom stereocenters. The van der Waals surface area contributed by atoms with E-state index in [-0.39, 0.29) is 0 Å². The summed E-state index contributed by atoms with van der Waals surface area (Å²) in [6.07, 6.45) is 2.78. The quantitative estimate of drug-likeness (QED) is 0.703. The van der Waals surface area contributed by atoms with Crippen molar-refractivity contribution in [3.8, 4) is 0 Å². The van der Waals surface area contributed by atoms with Gasteiger partial charge in [0.1, 0.15) is 0 Å². The summed E-state index contributed by atoms with van der Waals surface area (Å²) in [4.78, 5) is 2.64. The Hall–Kier alpha value is -0.120. The van der Waals surface area contributed by atoms with Crippen LogP contribution in [-0.4, -0.2) is 49.7 Å². The Morgan fingerprint density at radius 2 is 1.93 bits per heavy atom. The van der Waals surface area contributed by atoms with Crippen LogP contribution in [0.5, 0.6) is 0 Å². The lowest BCUT2D eigenvalue weighted by Gasteiger charge is -2.38. The van der Waals surface area contributed by atoms with Crippen LogP contribution in [0.1, 0.15) is 26.7 Å². The topological polar surface area (TPSA) is 27.3 Å². The predicted octanol–water partition coefficient (Wildman–Crippen LogP) is 0.668. The molecule has 3 unspecified atom stereocenters. The maximum atomic E-state index is 3.59. The monoisotopic (exact) mass is 211 g/mol. The minimum absolute atomic E-state index is 0.658. The van der Waals surface area contributed by atoms with Gasteiger partial charge in [0.15, 0.2) is 0 Å². The van der Waals surface area contributed by atoms with Gasteiger partial charge in [0, 0.05) is 31.7 Å². The van der Waals surface area contributed by atoms with Crippen molar-refractivity contribution in [3.63, 3.8) is 0 Å². The van der Waals surface area contributed by atoms with E-state index in [1.54, 1.807) is 0 Å². The van der Waals surface area contributed by atoms with Crippen molar-refractivity contribution < 1.29 is 0 Å². The fraction of sp³-hybridized carbons (Fsp3) is 1.00. The summed E-state index contributed by atoms with van der Waals surface area (Å²) < 4.78 is 0. The van der Waals surface area contributed by atoms with Crippen molar-refractivity contribution >= 4 is 0 Å². The van der Waals surface area contributed by atoms with Crippen molar-refractivity contribution in [3.05, 3.63) is 0 Å². The van der Waals surface area contributed by atoms with Crippen LogP contribution < -0.4 is 10.6 Å². The minimum atomic E-state index is 0.658. The molecule has 2 aliphatic heterocycles. The Morgan fingerprint density at radius 3 is 2.53 bits per heavy atom. The molecule has 0 amide bonds. The zero-order valence-electron chi connectivity index (χ0n) is 10.1.